The van der Waals surface area contributed by atoms with Crippen molar-refractivity contribution >= 4 is 39.6 Å². The Kier molecular flexibility index (Phi) is 4.98. The number of nitrogens with one attached hydrogen (secondary N) is 3. The number of rotatable bonds is 5. The molecule has 8 nitrogen and oxygen atoms in total. The second-order valence-electron chi connectivity index (χ2n) is 5.89. The number of imidazole rings is 1. The van der Waals surface area contributed by atoms with Gasteiger partial charge in [0.2, 0.25) is 0 Å². The molecule has 4 rings (SSSR count). The third-order valence-electron chi connectivity index (χ3n) is 3.77. The maximum Gasteiger partial charge on any atom is 0.324 e. The van der Waals surface area contributed by atoms with Gasteiger partial charge in [0.15, 0.2) is 0 Å². The lowest BCUT2D eigenvalue weighted by atomic mass is 10.3. The summed E-state index contributed by atoms with van der Waals surface area (Å²) in [4.78, 5) is 24.9. The summed E-state index contributed by atoms with van der Waals surface area (Å²) in [6, 6.07) is 12.7. The number of nitrogens with zero attached hydrogens (tertiary/aromatic N) is 4. The van der Waals surface area contributed by atoms with E-state index in [1.807, 2.05) is 65.5 Å². The van der Waals surface area contributed by atoms with Gasteiger partial charge < -0.3 is 10.6 Å². The molecular formula is C19H17N7OS. The third-order valence-corrected chi connectivity index (χ3v) is 4.55. The molecule has 140 valence electrons. The number of aryl methyl sites for hydroxylation is 1. The molecule has 0 radical (unpaired) electrons. The number of carbonyl (C=O) groups excluding carboxylic acids is 1. The quantitative estimate of drug-likeness (QED) is 0.468. The minimum atomic E-state index is -0.278. The highest BCUT2D eigenvalue weighted by Crippen LogP contribution is 2.20. The molecule has 9 heteroatoms. The molecule has 1 aromatic carbocycles. The van der Waals surface area contributed by atoms with Crippen LogP contribution >= 0.6 is 11.3 Å². The van der Waals surface area contributed by atoms with Crippen LogP contribution in [0, 0.1) is 6.92 Å². The maximum atomic E-state index is 12.0. The molecule has 4 aromatic rings. The summed E-state index contributed by atoms with van der Waals surface area (Å²) >= 11 is 1.47. The smallest absolute Gasteiger partial charge is 0.324 e. The molecule has 0 spiro atoms. The normalized spacial score (nSPS) is 10.5. The van der Waals surface area contributed by atoms with Gasteiger partial charge in [0.25, 0.3) is 0 Å². The Morgan fingerprint density at radius 3 is 2.61 bits per heavy atom. The third kappa shape index (κ3) is 4.33. The second kappa shape index (κ2) is 7.89. The molecule has 0 aliphatic rings. The number of thiophene rings is 1. The fourth-order valence-electron chi connectivity index (χ4n) is 2.55. The lowest BCUT2D eigenvalue weighted by molar-refractivity contribution is 0.262. The van der Waals surface area contributed by atoms with E-state index in [1.165, 1.54) is 11.3 Å². The lowest BCUT2D eigenvalue weighted by Gasteiger charge is -2.10. The monoisotopic (exact) mass is 391 g/mol. The van der Waals surface area contributed by atoms with Crippen LogP contribution in [0.5, 0.6) is 0 Å². The van der Waals surface area contributed by atoms with Gasteiger partial charge in [-0.2, -0.15) is 0 Å². The van der Waals surface area contributed by atoms with Crippen molar-refractivity contribution in [2.45, 2.75) is 6.92 Å². The van der Waals surface area contributed by atoms with E-state index in [9.17, 15) is 4.79 Å². The van der Waals surface area contributed by atoms with Gasteiger partial charge in [0, 0.05) is 29.8 Å². The van der Waals surface area contributed by atoms with Crippen molar-refractivity contribution < 1.29 is 4.79 Å². The molecule has 0 unspecified atom stereocenters. The lowest BCUT2D eigenvalue weighted by Crippen LogP contribution is -2.18. The van der Waals surface area contributed by atoms with E-state index in [0.29, 0.717) is 17.3 Å². The number of anilines is 4. The van der Waals surface area contributed by atoms with Crippen molar-refractivity contribution in [1.29, 1.82) is 0 Å². The Balaban J connectivity index is 1.42. The first-order chi connectivity index (χ1) is 13.7. The van der Waals surface area contributed by atoms with Crippen molar-refractivity contribution in [2.75, 3.05) is 16.0 Å². The van der Waals surface area contributed by atoms with Gasteiger partial charge in [0.1, 0.15) is 23.8 Å². The minimum absolute atomic E-state index is 0.278. The molecule has 2 amide bonds. The van der Waals surface area contributed by atoms with Crippen LogP contribution in [-0.2, 0) is 0 Å². The summed E-state index contributed by atoms with van der Waals surface area (Å²) in [6.07, 6.45) is 5.21. The van der Waals surface area contributed by atoms with E-state index in [0.717, 1.165) is 16.5 Å². The minimum Gasteiger partial charge on any atom is -0.340 e. The van der Waals surface area contributed by atoms with Crippen LogP contribution in [0.25, 0.3) is 5.82 Å². The van der Waals surface area contributed by atoms with E-state index in [4.69, 9.17) is 0 Å². The van der Waals surface area contributed by atoms with E-state index in [2.05, 4.69) is 30.9 Å². The number of carbonyl (C=O) groups is 1. The zero-order chi connectivity index (χ0) is 19.3. The van der Waals surface area contributed by atoms with Gasteiger partial charge in [-0.05, 0) is 48.7 Å². The number of hydrogen-bond donors (Lipinski definition) is 3. The van der Waals surface area contributed by atoms with Crippen LogP contribution < -0.4 is 16.0 Å². The molecule has 0 aliphatic heterocycles. The van der Waals surface area contributed by atoms with Gasteiger partial charge in [-0.3, -0.25) is 9.88 Å². The van der Waals surface area contributed by atoms with Crippen molar-refractivity contribution in [3.63, 3.8) is 0 Å². The zero-order valence-corrected chi connectivity index (χ0v) is 15.8. The Morgan fingerprint density at radius 1 is 1.07 bits per heavy atom. The highest BCUT2D eigenvalue weighted by Gasteiger charge is 2.06. The summed E-state index contributed by atoms with van der Waals surface area (Å²) in [5.74, 6) is 2.06. The first-order valence-corrected chi connectivity index (χ1v) is 9.36. The topological polar surface area (TPSA) is 96.8 Å². The molecule has 0 atom stereocenters. The van der Waals surface area contributed by atoms with E-state index >= 15 is 0 Å². The SMILES string of the molecule is Cc1nc(Nc2ccc(NC(=O)Nc3cccs3)cc2)cc(-n2ccnc2)n1. The van der Waals surface area contributed by atoms with E-state index in [-0.39, 0.29) is 6.03 Å². The number of aromatic nitrogens is 4. The van der Waals surface area contributed by atoms with Crippen LogP contribution in [0.1, 0.15) is 5.82 Å². The largest absolute Gasteiger partial charge is 0.340 e. The predicted octanol–water partition coefficient (Wildman–Crippen LogP) is 4.42. The number of urea groups is 1. The molecule has 0 saturated heterocycles. The number of amides is 2. The van der Waals surface area contributed by atoms with Gasteiger partial charge in [0.05, 0.1) is 5.00 Å². The average molecular weight is 391 g/mol. The van der Waals surface area contributed by atoms with Gasteiger partial charge in [-0.15, -0.1) is 11.3 Å². The maximum absolute atomic E-state index is 12.0. The predicted molar refractivity (Wildman–Crippen MR) is 111 cm³/mol. The zero-order valence-electron chi connectivity index (χ0n) is 15.0. The number of hydrogen-bond acceptors (Lipinski definition) is 6. The highest BCUT2D eigenvalue weighted by molar-refractivity contribution is 7.14. The highest BCUT2D eigenvalue weighted by atomic mass is 32.1. The molecule has 0 bridgehead atoms. The summed E-state index contributed by atoms with van der Waals surface area (Å²) < 4.78 is 1.82. The standard InChI is InChI=1S/C19H17N7OS/c1-13-21-16(11-17(22-13)26-9-8-20-12-26)23-14-4-6-15(7-5-14)24-19(27)25-18-3-2-10-28-18/h2-12H,1H3,(H,21,22,23)(H2,24,25,27). The molecule has 3 N–H and O–H groups in total. The van der Waals surface area contributed by atoms with Gasteiger partial charge in [-0.25, -0.2) is 19.7 Å². The summed E-state index contributed by atoms with van der Waals surface area (Å²) in [6.45, 7) is 1.84. The Hall–Kier alpha value is -3.72. The van der Waals surface area contributed by atoms with Crippen LogP contribution in [-0.4, -0.2) is 25.6 Å². The molecule has 0 fully saturated rings. The van der Waals surface area contributed by atoms with Crippen LogP contribution in [0.2, 0.25) is 0 Å². The van der Waals surface area contributed by atoms with Crippen LogP contribution in [0.4, 0.5) is 27.0 Å². The Morgan fingerprint density at radius 2 is 1.89 bits per heavy atom. The van der Waals surface area contributed by atoms with Crippen molar-refractivity contribution in [1.82, 2.24) is 19.5 Å². The first-order valence-electron chi connectivity index (χ1n) is 8.48. The fraction of sp³-hybridized carbons (Fsp3) is 0.0526. The molecule has 0 saturated carbocycles. The summed E-state index contributed by atoms with van der Waals surface area (Å²) in [5, 5.41) is 11.5. The van der Waals surface area contributed by atoms with E-state index in [1.54, 1.807) is 12.5 Å². The summed E-state index contributed by atoms with van der Waals surface area (Å²) in [7, 11) is 0. The molecular weight excluding hydrogens is 374 g/mol. The second-order valence-corrected chi connectivity index (χ2v) is 6.84. The van der Waals surface area contributed by atoms with Crippen molar-refractivity contribution in [3.8, 4) is 5.82 Å². The average Bonchev–Trinajstić information content (AvgIpc) is 3.37. The fourth-order valence-corrected chi connectivity index (χ4v) is 3.16. The van der Waals surface area contributed by atoms with E-state index < -0.39 is 0 Å². The molecule has 0 aliphatic carbocycles. The number of benzene rings is 1. The van der Waals surface area contributed by atoms with Gasteiger partial charge >= 0.3 is 6.03 Å². The molecule has 3 aromatic heterocycles. The van der Waals surface area contributed by atoms with Crippen molar-refractivity contribution in [3.05, 3.63) is 72.4 Å². The molecule has 3 heterocycles. The van der Waals surface area contributed by atoms with Crippen LogP contribution in [0.3, 0.4) is 0 Å². The Labute approximate surface area is 165 Å². The summed E-state index contributed by atoms with van der Waals surface area (Å²) in [5.41, 5.74) is 1.54. The van der Waals surface area contributed by atoms with Crippen molar-refractivity contribution in [2.24, 2.45) is 0 Å². The molecule has 28 heavy (non-hydrogen) atoms. The van der Waals surface area contributed by atoms with Crippen LogP contribution in [0.15, 0.2) is 66.6 Å². The Bertz CT molecular complexity index is 1060. The van der Waals surface area contributed by atoms with Gasteiger partial charge in [-0.1, -0.05) is 0 Å². The first kappa shape index (κ1) is 17.7.